The Morgan fingerprint density at radius 2 is 2.04 bits per heavy atom. The summed E-state index contributed by atoms with van der Waals surface area (Å²) >= 11 is 7.66. The monoisotopic (exact) mass is 347 g/mol. The van der Waals surface area contributed by atoms with Crippen molar-refractivity contribution in [1.82, 2.24) is 9.88 Å². The van der Waals surface area contributed by atoms with Gasteiger partial charge >= 0.3 is 0 Å². The van der Waals surface area contributed by atoms with E-state index < -0.39 is 0 Å². The summed E-state index contributed by atoms with van der Waals surface area (Å²) in [4.78, 5) is 21.0. The van der Waals surface area contributed by atoms with Gasteiger partial charge in [-0.1, -0.05) is 22.9 Å². The van der Waals surface area contributed by atoms with Gasteiger partial charge in [0.05, 0.1) is 16.5 Å². The lowest BCUT2D eigenvalue weighted by Crippen LogP contribution is -2.48. The first kappa shape index (κ1) is 14.5. The fourth-order valence-corrected chi connectivity index (χ4v) is 3.97. The maximum Gasteiger partial charge on any atom is 0.289 e. The number of piperazine rings is 1. The van der Waals surface area contributed by atoms with Crippen LogP contribution in [-0.2, 0) is 0 Å². The van der Waals surface area contributed by atoms with E-state index >= 15 is 0 Å². The highest BCUT2D eigenvalue weighted by Crippen LogP contribution is 2.31. The van der Waals surface area contributed by atoms with E-state index in [2.05, 4.69) is 9.88 Å². The molecular weight excluding hydrogens is 334 g/mol. The van der Waals surface area contributed by atoms with Crippen molar-refractivity contribution in [2.24, 2.45) is 0 Å². The summed E-state index contributed by atoms with van der Waals surface area (Å²) in [6, 6.07) is 9.16. The third-order valence-corrected chi connectivity index (χ3v) is 5.22. The Labute approximate surface area is 142 Å². The molecule has 1 fully saturated rings. The molecule has 0 spiro atoms. The third kappa shape index (κ3) is 2.80. The highest BCUT2D eigenvalue weighted by Gasteiger charge is 2.25. The van der Waals surface area contributed by atoms with Crippen LogP contribution in [0.1, 0.15) is 10.6 Å². The summed E-state index contributed by atoms with van der Waals surface area (Å²) < 4.78 is 6.27. The zero-order valence-electron chi connectivity index (χ0n) is 12.2. The van der Waals surface area contributed by atoms with Gasteiger partial charge in [0.1, 0.15) is 0 Å². The van der Waals surface area contributed by atoms with E-state index in [0.29, 0.717) is 18.8 Å². The standard InChI is InChI=1S/C16H14ClN3O2S/c17-11-3-4-12-14(10-11)23-16(18-12)20-7-5-19(6-8-20)15(21)13-2-1-9-22-13/h1-4,9-10H,5-8H2. The molecule has 1 aliphatic heterocycles. The van der Waals surface area contributed by atoms with Crippen LogP contribution in [0.15, 0.2) is 41.0 Å². The Morgan fingerprint density at radius 3 is 2.78 bits per heavy atom. The number of rotatable bonds is 2. The second-order valence-electron chi connectivity index (χ2n) is 5.37. The average Bonchev–Trinajstić information content (AvgIpc) is 3.23. The summed E-state index contributed by atoms with van der Waals surface area (Å²) in [6.07, 6.45) is 1.52. The number of halogens is 1. The normalized spacial score (nSPS) is 15.3. The number of hydrogen-bond donors (Lipinski definition) is 0. The molecule has 1 aliphatic rings. The minimum Gasteiger partial charge on any atom is -0.459 e. The summed E-state index contributed by atoms with van der Waals surface area (Å²) in [6.45, 7) is 2.85. The number of aromatic nitrogens is 1. The Hall–Kier alpha value is -2.05. The number of furan rings is 1. The molecule has 3 aromatic rings. The number of benzene rings is 1. The minimum atomic E-state index is -0.0502. The van der Waals surface area contributed by atoms with Crippen LogP contribution in [0, 0.1) is 0 Å². The third-order valence-electron chi connectivity index (χ3n) is 3.91. The Kier molecular flexibility index (Phi) is 3.71. The Morgan fingerprint density at radius 1 is 1.22 bits per heavy atom. The fraction of sp³-hybridized carbons (Fsp3) is 0.250. The molecule has 0 unspecified atom stereocenters. The van der Waals surface area contributed by atoms with E-state index in [-0.39, 0.29) is 5.91 Å². The van der Waals surface area contributed by atoms with Gasteiger partial charge in [0, 0.05) is 31.2 Å². The first-order chi connectivity index (χ1) is 11.2. The van der Waals surface area contributed by atoms with Crippen LogP contribution in [0.5, 0.6) is 0 Å². The molecule has 0 bridgehead atoms. The van der Waals surface area contributed by atoms with E-state index in [1.165, 1.54) is 6.26 Å². The zero-order valence-corrected chi connectivity index (χ0v) is 13.8. The topological polar surface area (TPSA) is 49.6 Å². The molecule has 0 aliphatic carbocycles. The van der Waals surface area contributed by atoms with Crippen molar-refractivity contribution in [3.63, 3.8) is 0 Å². The quantitative estimate of drug-likeness (QED) is 0.712. The molecule has 3 heterocycles. The summed E-state index contributed by atoms with van der Waals surface area (Å²) in [5.41, 5.74) is 0.962. The van der Waals surface area contributed by atoms with Crippen LogP contribution in [0.2, 0.25) is 5.02 Å². The lowest BCUT2D eigenvalue weighted by molar-refractivity contribution is 0.0714. The highest BCUT2D eigenvalue weighted by molar-refractivity contribution is 7.22. The maximum atomic E-state index is 12.3. The van der Waals surface area contributed by atoms with E-state index in [9.17, 15) is 4.79 Å². The van der Waals surface area contributed by atoms with Gasteiger partial charge in [-0.3, -0.25) is 4.79 Å². The molecule has 0 N–H and O–H groups in total. The van der Waals surface area contributed by atoms with E-state index in [4.69, 9.17) is 16.0 Å². The summed E-state index contributed by atoms with van der Waals surface area (Å²) in [5.74, 6) is 0.346. The Balaban J connectivity index is 1.47. The van der Waals surface area contributed by atoms with Gasteiger partial charge in [-0.25, -0.2) is 4.98 Å². The summed E-state index contributed by atoms with van der Waals surface area (Å²) in [7, 11) is 0. The van der Waals surface area contributed by atoms with Crippen LogP contribution in [-0.4, -0.2) is 42.0 Å². The zero-order chi connectivity index (χ0) is 15.8. The van der Waals surface area contributed by atoms with Crippen LogP contribution >= 0.6 is 22.9 Å². The second-order valence-corrected chi connectivity index (χ2v) is 6.81. The minimum absolute atomic E-state index is 0.0502. The van der Waals surface area contributed by atoms with Gasteiger partial charge in [0.25, 0.3) is 5.91 Å². The molecule has 23 heavy (non-hydrogen) atoms. The SMILES string of the molecule is O=C(c1ccco1)N1CCN(c2nc3ccc(Cl)cc3s2)CC1. The van der Waals surface area contributed by atoms with Crippen LogP contribution in [0.25, 0.3) is 10.2 Å². The number of nitrogens with zero attached hydrogens (tertiary/aromatic N) is 3. The van der Waals surface area contributed by atoms with Gasteiger partial charge in [-0.2, -0.15) is 0 Å². The molecule has 0 radical (unpaired) electrons. The average molecular weight is 348 g/mol. The number of carbonyl (C=O) groups excluding carboxylic acids is 1. The lowest BCUT2D eigenvalue weighted by atomic mass is 10.3. The number of carbonyl (C=O) groups is 1. The molecule has 0 atom stereocenters. The van der Waals surface area contributed by atoms with Gasteiger partial charge in [0.2, 0.25) is 0 Å². The smallest absolute Gasteiger partial charge is 0.289 e. The number of anilines is 1. The maximum absolute atomic E-state index is 12.3. The molecular formula is C16H14ClN3O2S. The van der Waals surface area contributed by atoms with E-state index in [0.717, 1.165) is 33.5 Å². The van der Waals surface area contributed by atoms with Crippen LogP contribution in [0.3, 0.4) is 0 Å². The number of thiazole rings is 1. The molecule has 0 saturated carbocycles. The van der Waals surface area contributed by atoms with Gasteiger partial charge in [0.15, 0.2) is 10.9 Å². The molecule has 1 saturated heterocycles. The van der Waals surface area contributed by atoms with E-state index in [1.54, 1.807) is 23.5 Å². The van der Waals surface area contributed by atoms with Crippen molar-refractivity contribution in [2.75, 3.05) is 31.1 Å². The largest absolute Gasteiger partial charge is 0.459 e. The van der Waals surface area contributed by atoms with Crippen molar-refractivity contribution in [1.29, 1.82) is 0 Å². The predicted octanol–water partition coefficient (Wildman–Crippen LogP) is 3.51. The van der Waals surface area contributed by atoms with Gasteiger partial charge in [-0.15, -0.1) is 0 Å². The van der Waals surface area contributed by atoms with Crippen molar-refractivity contribution in [2.45, 2.75) is 0 Å². The fourth-order valence-electron chi connectivity index (χ4n) is 2.68. The molecule has 7 heteroatoms. The number of amides is 1. The van der Waals surface area contributed by atoms with Gasteiger partial charge < -0.3 is 14.2 Å². The van der Waals surface area contributed by atoms with Crippen LogP contribution < -0.4 is 4.90 Å². The van der Waals surface area contributed by atoms with Crippen LogP contribution in [0.4, 0.5) is 5.13 Å². The summed E-state index contributed by atoms with van der Waals surface area (Å²) in [5, 5.41) is 1.70. The van der Waals surface area contributed by atoms with Crippen molar-refractivity contribution in [3.05, 3.63) is 47.4 Å². The molecule has 4 rings (SSSR count). The van der Waals surface area contributed by atoms with Crippen molar-refractivity contribution < 1.29 is 9.21 Å². The second kappa shape index (κ2) is 5.86. The first-order valence-electron chi connectivity index (χ1n) is 7.34. The molecule has 118 valence electrons. The van der Waals surface area contributed by atoms with Gasteiger partial charge in [-0.05, 0) is 30.3 Å². The number of fused-ring (bicyclic) bond motifs is 1. The lowest BCUT2D eigenvalue weighted by Gasteiger charge is -2.34. The van der Waals surface area contributed by atoms with E-state index in [1.807, 2.05) is 23.1 Å². The molecule has 2 aromatic heterocycles. The van der Waals surface area contributed by atoms with Crippen molar-refractivity contribution >= 4 is 44.2 Å². The molecule has 1 aromatic carbocycles. The predicted molar refractivity (Wildman–Crippen MR) is 91.5 cm³/mol. The highest BCUT2D eigenvalue weighted by atomic mass is 35.5. The molecule has 5 nitrogen and oxygen atoms in total. The first-order valence-corrected chi connectivity index (χ1v) is 8.54. The number of hydrogen-bond acceptors (Lipinski definition) is 5. The molecule has 1 amide bonds. The van der Waals surface area contributed by atoms with Crippen molar-refractivity contribution in [3.8, 4) is 0 Å². The Bertz CT molecular complexity index is 838.